The number of methoxy groups -OCH3 is 3. The normalized spacial score (nSPS) is 10.8. The molecule has 1 rings (SSSR count). The zero-order valence-electron chi connectivity index (χ0n) is 11.5. The van der Waals surface area contributed by atoms with Crippen LogP contribution in [0.1, 0.15) is 0 Å². The minimum atomic E-state index is -0.846. The molecule has 1 aromatic rings. The first-order valence-electron chi connectivity index (χ1n) is 5.61. The van der Waals surface area contributed by atoms with Gasteiger partial charge in [0.1, 0.15) is 17.3 Å². The number of hydrogen-bond donors (Lipinski definition) is 1. The summed E-state index contributed by atoms with van der Waals surface area (Å²) in [4.78, 5) is 22.8. The van der Waals surface area contributed by atoms with E-state index in [9.17, 15) is 14.0 Å². The van der Waals surface area contributed by atoms with Crippen LogP contribution in [0.2, 0.25) is 0 Å². The fraction of sp³-hybridized carbons (Fsp3) is 0.231. The second-order valence-electron chi connectivity index (χ2n) is 3.66. The highest BCUT2D eigenvalue weighted by Gasteiger charge is 2.16. The van der Waals surface area contributed by atoms with Gasteiger partial charge in [-0.2, -0.15) is 0 Å². The van der Waals surface area contributed by atoms with E-state index in [0.29, 0.717) is 10.2 Å². The Morgan fingerprint density at radius 3 is 2.43 bits per heavy atom. The number of hydrogen-bond acceptors (Lipinski definition) is 6. The number of benzene rings is 1. The Bertz CT molecular complexity index is 588. The summed E-state index contributed by atoms with van der Waals surface area (Å²) >= 11 is 3.13. The lowest BCUT2D eigenvalue weighted by Gasteiger charge is -2.12. The predicted molar refractivity (Wildman–Crippen MR) is 76.4 cm³/mol. The Hall–Kier alpha value is -2.09. The zero-order chi connectivity index (χ0) is 16.0. The lowest BCUT2D eigenvalue weighted by molar-refractivity contribution is -0.138. The molecule has 1 N–H and O–H groups in total. The van der Waals surface area contributed by atoms with Crippen LogP contribution in [0.5, 0.6) is 5.75 Å². The smallest absolute Gasteiger partial charge is 0.354 e. The van der Waals surface area contributed by atoms with Gasteiger partial charge in [0.05, 0.1) is 37.6 Å². The topological polar surface area (TPSA) is 73.9 Å². The van der Waals surface area contributed by atoms with Gasteiger partial charge < -0.3 is 19.5 Å². The average Bonchev–Trinajstić information content (AvgIpc) is 2.47. The van der Waals surface area contributed by atoms with Crippen molar-refractivity contribution in [2.75, 3.05) is 26.6 Å². The predicted octanol–water partition coefficient (Wildman–Crippen LogP) is 2.24. The van der Waals surface area contributed by atoms with Crippen molar-refractivity contribution in [3.05, 3.63) is 34.2 Å². The summed E-state index contributed by atoms with van der Waals surface area (Å²) in [5, 5.41) is 2.48. The molecule has 0 aliphatic heterocycles. The Labute approximate surface area is 129 Å². The number of nitrogens with one attached hydrogen (secondary N) is 1. The molecule has 0 heterocycles. The molecule has 0 fully saturated rings. The van der Waals surface area contributed by atoms with E-state index in [1.54, 1.807) is 0 Å². The van der Waals surface area contributed by atoms with Crippen molar-refractivity contribution in [2.24, 2.45) is 0 Å². The monoisotopic (exact) mass is 361 g/mol. The van der Waals surface area contributed by atoms with Gasteiger partial charge in [-0.1, -0.05) is 0 Å². The summed E-state index contributed by atoms with van der Waals surface area (Å²) in [6.45, 7) is 0. The molecule has 8 heteroatoms. The average molecular weight is 362 g/mol. The molecule has 0 aromatic heterocycles. The molecule has 0 spiro atoms. The summed E-state index contributed by atoms with van der Waals surface area (Å²) in [6, 6.07) is 2.49. The molecule has 0 amide bonds. The molecular formula is C13H13BrFNO5. The van der Waals surface area contributed by atoms with Crippen molar-refractivity contribution in [1.29, 1.82) is 0 Å². The second-order valence-corrected chi connectivity index (χ2v) is 4.52. The maximum absolute atomic E-state index is 13.9. The van der Waals surface area contributed by atoms with Gasteiger partial charge in [0, 0.05) is 6.07 Å². The van der Waals surface area contributed by atoms with Crippen molar-refractivity contribution >= 4 is 33.6 Å². The van der Waals surface area contributed by atoms with Crippen molar-refractivity contribution in [1.82, 2.24) is 0 Å². The molecule has 0 aliphatic rings. The molecule has 0 aliphatic carbocycles. The van der Waals surface area contributed by atoms with Crippen LogP contribution in [0.25, 0.3) is 0 Å². The molecule has 114 valence electrons. The van der Waals surface area contributed by atoms with Crippen LogP contribution in [0.3, 0.4) is 0 Å². The third-order valence-electron chi connectivity index (χ3n) is 2.38. The number of rotatable bonds is 5. The van der Waals surface area contributed by atoms with E-state index < -0.39 is 17.8 Å². The van der Waals surface area contributed by atoms with Gasteiger partial charge in [-0.05, 0) is 22.0 Å². The van der Waals surface area contributed by atoms with E-state index in [1.807, 2.05) is 0 Å². The third-order valence-corrected chi connectivity index (χ3v) is 3.00. The van der Waals surface area contributed by atoms with Gasteiger partial charge in [-0.25, -0.2) is 14.0 Å². The standard InChI is InChI=1S/C13H13BrFNO5/c1-19-11-5-9(8(15)4-7(11)14)16-10(13(18)21-3)6-12(17)20-2/h4-6,16H,1-3H3/b10-6+. The largest absolute Gasteiger partial charge is 0.495 e. The highest BCUT2D eigenvalue weighted by Crippen LogP contribution is 2.31. The lowest BCUT2D eigenvalue weighted by atomic mass is 10.2. The molecule has 0 unspecified atom stereocenters. The SMILES string of the molecule is COC(=O)/C=C(/Nc1cc(OC)c(Br)cc1F)C(=O)OC. The third kappa shape index (κ3) is 4.45. The first kappa shape index (κ1) is 17.0. The van der Waals surface area contributed by atoms with Gasteiger partial charge in [0.25, 0.3) is 0 Å². The maximum Gasteiger partial charge on any atom is 0.354 e. The fourth-order valence-electron chi connectivity index (χ4n) is 1.36. The number of anilines is 1. The summed E-state index contributed by atoms with van der Waals surface area (Å²) in [5.41, 5.74) is -0.330. The van der Waals surface area contributed by atoms with Gasteiger partial charge >= 0.3 is 11.9 Å². The molecule has 0 saturated carbocycles. The number of ether oxygens (including phenoxy) is 3. The highest BCUT2D eigenvalue weighted by atomic mass is 79.9. The molecular weight excluding hydrogens is 349 g/mol. The van der Waals surface area contributed by atoms with E-state index in [0.717, 1.165) is 26.4 Å². The number of esters is 2. The van der Waals surface area contributed by atoms with Gasteiger partial charge in [-0.15, -0.1) is 0 Å². The fourth-order valence-corrected chi connectivity index (χ4v) is 1.84. The maximum atomic E-state index is 13.9. The van der Waals surface area contributed by atoms with E-state index in [4.69, 9.17) is 4.74 Å². The summed E-state index contributed by atoms with van der Waals surface area (Å²) in [6.07, 6.45) is 0.861. The van der Waals surface area contributed by atoms with Crippen molar-refractivity contribution in [3.63, 3.8) is 0 Å². The molecule has 0 atom stereocenters. The number of halogens is 2. The van der Waals surface area contributed by atoms with Gasteiger partial charge in [0.15, 0.2) is 0 Å². The number of carbonyl (C=O) groups excluding carboxylic acids is 2. The Balaban J connectivity index is 3.18. The molecule has 6 nitrogen and oxygen atoms in total. The summed E-state index contributed by atoms with van der Waals surface area (Å²) in [5.74, 6) is -1.93. The van der Waals surface area contributed by atoms with E-state index in [1.165, 1.54) is 13.2 Å². The highest BCUT2D eigenvalue weighted by molar-refractivity contribution is 9.10. The molecule has 0 saturated heterocycles. The minimum Gasteiger partial charge on any atom is -0.495 e. The van der Waals surface area contributed by atoms with Crippen molar-refractivity contribution < 1.29 is 28.2 Å². The summed E-state index contributed by atoms with van der Waals surface area (Å²) < 4.78 is 28.2. The number of carbonyl (C=O) groups is 2. The van der Waals surface area contributed by atoms with Crippen LogP contribution >= 0.6 is 15.9 Å². The molecule has 21 heavy (non-hydrogen) atoms. The molecule has 0 radical (unpaired) electrons. The molecule has 0 bridgehead atoms. The van der Waals surface area contributed by atoms with Gasteiger partial charge in [0.2, 0.25) is 0 Å². The second kappa shape index (κ2) is 7.63. The first-order chi connectivity index (χ1) is 9.92. The zero-order valence-corrected chi connectivity index (χ0v) is 13.1. The van der Waals surface area contributed by atoms with Crippen LogP contribution in [0.15, 0.2) is 28.4 Å². The van der Waals surface area contributed by atoms with Crippen LogP contribution in [0.4, 0.5) is 10.1 Å². The van der Waals surface area contributed by atoms with Crippen LogP contribution in [-0.2, 0) is 19.1 Å². The van der Waals surface area contributed by atoms with E-state index in [2.05, 4.69) is 30.7 Å². The molecule has 1 aromatic carbocycles. The quantitative estimate of drug-likeness (QED) is 0.640. The Kier molecular flexibility index (Phi) is 6.16. The van der Waals surface area contributed by atoms with Crippen LogP contribution in [-0.4, -0.2) is 33.3 Å². The van der Waals surface area contributed by atoms with Crippen LogP contribution in [0, 0.1) is 5.82 Å². The minimum absolute atomic E-state index is 0.0596. The van der Waals surface area contributed by atoms with Crippen molar-refractivity contribution in [3.8, 4) is 5.75 Å². The summed E-state index contributed by atoms with van der Waals surface area (Å²) in [7, 11) is 3.69. The van der Waals surface area contributed by atoms with E-state index >= 15 is 0 Å². The van der Waals surface area contributed by atoms with Gasteiger partial charge in [-0.3, -0.25) is 0 Å². The first-order valence-corrected chi connectivity index (χ1v) is 6.40. The lowest BCUT2D eigenvalue weighted by Crippen LogP contribution is -2.16. The Morgan fingerprint density at radius 1 is 1.24 bits per heavy atom. The Morgan fingerprint density at radius 2 is 1.90 bits per heavy atom. The van der Waals surface area contributed by atoms with Crippen molar-refractivity contribution in [2.45, 2.75) is 0 Å². The van der Waals surface area contributed by atoms with E-state index in [-0.39, 0.29) is 11.4 Å². The van der Waals surface area contributed by atoms with Crippen LogP contribution < -0.4 is 10.1 Å².